The van der Waals surface area contributed by atoms with E-state index in [9.17, 15) is 9.00 Å². The van der Waals surface area contributed by atoms with Gasteiger partial charge in [-0.3, -0.25) is 14.1 Å². The summed E-state index contributed by atoms with van der Waals surface area (Å²) < 4.78 is 26.3. The van der Waals surface area contributed by atoms with Crippen LogP contribution in [0.4, 0.5) is 5.69 Å². The van der Waals surface area contributed by atoms with Crippen LogP contribution in [0.2, 0.25) is 0 Å². The number of fused-ring (bicyclic) bond motifs is 2. The van der Waals surface area contributed by atoms with Crippen molar-refractivity contribution in [3.8, 4) is 11.6 Å². The second kappa shape index (κ2) is 9.08. The minimum atomic E-state index is -1.62. The van der Waals surface area contributed by atoms with Gasteiger partial charge in [-0.25, -0.2) is 14.2 Å². The highest BCUT2D eigenvalue weighted by Gasteiger charge is 2.25. The number of pyridine rings is 1. The third kappa shape index (κ3) is 4.52. The van der Waals surface area contributed by atoms with Gasteiger partial charge >= 0.3 is 0 Å². The number of carbonyl (C=O) groups is 1. The summed E-state index contributed by atoms with van der Waals surface area (Å²) in [6, 6.07) is 16.5. The number of benzene rings is 2. The molecule has 1 atom stereocenters. The number of aromatic nitrogens is 3. The van der Waals surface area contributed by atoms with E-state index < -0.39 is 16.7 Å². The Balaban J connectivity index is 1.33. The Labute approximate surface area is 210 Å². The molecule has 2 aromatic heterocycles. The van der Waals surface area contributed by atoms with Gasteiger partial charge in [0.25, 0.3) is 5.91 Å². The van der Waals surface area contributed by atoms with Crippen molar-refractivity contribution in [1.82, 2.24) is 19.9 Å². The molecule has 11 heteroatoms. The molecule has 10 nitrogen and oxygen atoms in total. The molecule has 0 saturated carbocycles. The molecule has 4 N–H and O–H groups in total. The van der Waals surface area contributed by atoms with E-state index in [-0.39, 0.29) is 18.3 Å². The largest absolute Gasteiger partial charge is 0.490 e. The van der Waals surface area contributed by atoms with E-state index in [2.05, 4.69) is 24.4 Å². The molecule has 1 amide bonds. The van der Waals surface area contributed by atoms with Gasteiger partial charge in [-0.15, -0.1) is 0 Å². The lowest BCUT2D eigenvalue weighted by molar-refractivity contribution is 0.0880. The summed E-state index contributed by atoms with van der Waals surface area (Å²) in [5, 5.41) is 3.02. The van der Waals surface area contributed by atoms with E-state index in [4.69, 9.17) is 10.5 Å². The molecule has 2 aromatic carbocycles. The molecule has 36 heavy (non-hydrogen) atoms. The van der Waals surface area contributed by atoms with E-state index in [1.54, 1.807) is 36.5 Å². The summed E-state index contributed by atoms with van der Waals surface area (Å²) in [6.45, 7) is 5.79. The molecule has 1 aliphatic rings. The fourth-order valence-electron chi connectivity index (χ4n) is 4.04. The number of aryl methyl sites for hydroxylation is 1. The maximum Gasteiger partial charge on any atom is 0.252 e. The number of rotatable bonds is 6. The Bertz CT molecular complexity index is 1540. The highest BCUT2D eigenvalue weighted by atomic mass is 32.2. The molecule has 0 bridgehead atoms. The van der Waals surface area contributed by atoms with Crippen LogP contribution >= 0.6 is 0 Å². The zero-order chi connectivity index (χ0) is 25.4. The summed E-state index contributed by atoms with van der Waals surface area (Å²) in [4.78, 5) is 22.2. The Kier molecular flexibility index (Phi) is 5.92. The normalized spacial score (nSPS) is 15.1. The first-order valence-corrected chi connectivity index (χ1v) is 12.3. The number of amides is 1. The number of nitrogens with one attached hydrogen (secondary N) is 2. The van der Waals surface area contributed by atoms with Crippen LogP contribution in [0, 0.1) is 6.92 Å². The molecule has 5 rings (SSSR count). The number of nitrogens with two attached hydrogens (primary N) is 1. The maximum atomic E-state index is 13.2. The summed E-state index contributed by atoms with van der Waals surface area (Å²) in [7, 11) is 0. The van der Waals surface area contributed by atoms with Gasteiger partial charge in [-0.2, -0.15) is 4.40 Å². The van der Waals surface area contributed by atoms with Gasteiger partial charge in [0.05, 0.1) is 27.8 Å². The molecule has 4 aromatic rings. The van der Waals surface area contributed by atoms with Crippen molar-refractivity contribution in [2.45, 2.75) is 26.3 Å². The van der Waals surface area contributed by atoms with Crippen molar-refractivity contribution >= 4 is 39.6 Å². The minimum absolute atomic E-state index is 0.131. The van der Waals surface area contributed by atoms with Crippen LogP contribution in [0.3, 0.4) is 0 Å². The average Bonchev–Trinajstić information content (AvgIpc) is 3.18. The predicted octanol–water partition coefficient (Wildman–Crippen LogP) is 3.03. The summed E-state index contributed by atoms with van der Waals surface area (Å²) in [5.41, 5.74) is 8.62. The fourth-order valence-corrected chi connectivity index (χ4v) is 4.72. The number of ether oxygens (including phenoxy) is 1. The summed E-state index contributed by atoms with van der Waals surface area (Å²) >= 11 is -1.62. The number of hydrogen-bond acceptors (Lipinski definition) is 6. The standard InChI is InChI=1S/C25H25N7O3S/c1-15-28-17-7-4-5-9-19(17)32(15)21-13-16(11-12-27-21)24(33)29-25(2,3)14-35-20-10-6-8-18-22(20)23(26)31-36(34)30-18/h4-13,30H,14H2,1-3H3,(H2,26,31)(H,29,33). The van der Waals surface area contributed by atoms with Crippen LogP contribution in [-0.4, -0.2) is 42.6 Å². The number of imidazole rings is 1. The number of nitrogens with zero attached hydrogens (tertiary/aromatic N) is 4. The monoisotopic (exact) mass is 503 g/mol. The van der Waals surface area contributed by atoms with E-state index in [0.29, 0.717) is 28.4 Å². The Hall–Kier alpha value is -4.25. The highest BCUT2D eigenvalue weighted by molar-refractivity contribution is 7.85. The van der Waals surface area contributed by atoms with Gasteiger partial charge in [0.15, 0.2) is 0 Å². The number of para-hydroxylation sites is 2. The average molecular weight is 504 g/mol. The third-order valence-corrected chi connectivity index (χ3v) is 6.42. The van der Waals surface area contributed by atoms with Gasteiger partial charge in [-0.1, -0.05) is 18.2 Å². The fraction of sp³-hybridized carbons (Fsp3) is 0.200. The Morgan fingerprint density at radius 1 is 1.19 bits per heavy atom. The van der Waals surface area contributed by atoms with Crippen molar-refractivity contribution in [2.24, 2.45) is 10.1 Å². The predicted molar refractivity (Wildman–Crippen MR) is 140 cm³/mol. The number of amidine groups is 1. The quantitative estimate of drug-likeness (QED) is 0.370. The first kappa shape index (κ1) is 23.5. The second-order valence-corrected chi connectivity index (χ2v) is 9.90. The van der Waals surface area contributed by atoms with Crippen molar-refractivity contribution in [3.05, 3.63) is 77.7 Å². The molecule has 0 aliphatic carbocycles. The van der Waals surface area contributed by atoms with E-state index in [1.807, 2.05) is 49.6 Å². The van der Waals surface area contributed by atoms with Crippen LogP contribution in [0.1, 0.15) is 35.6 Å². The Morgan fingerprint density at radius 3 is 2.83 bits per heavy atom. The van der Waals surface area contributed by atoms with Crippen LogP contribution in [-0.2, 0) is 11.2 Å². The van der Waals surface area contributed by atoms with Crippen LogP contribution in [0.25, 0.3) is 16.9 Å². The number of carbonyl (C=O) groups excluding carboxylic acids is 1. The second-order valence-electron chi connectivity index (χ2n) is 9.02. The lowest BCUT2D eigenvalue weighted by Crippen LogP contribution is -2.48. The molecule has 0 spiro atoms. The first-order chi connectivity index (χ1) is 17.2. The van der Waals surface area contributed by atoms with Gasteiger partial charge in [0, 0.05) is 11.8 Å². The molecule has 184 valence electrons. The minimum Gasteiger partial charge on any atom is -0.490 e. The van der Waals surface area contributed by atoms with Gasteiger partial charge in [0.2, 0.25) is 11.2 Å². The third-order valence-electron chi connectivity index (χ3n) is 5.67. The zero-order valence-electron chi connectivity index (χ0n) is 20.0. The van der Waals surface area contributed by atoms with Crippen LogP contribution in [0.15, 0.2) is 65.2 Å². The molecule has 1 unspecified atom stereocenters. The SMILES string of the molecule is Cc1nc2ccccc2n1-c1cc(C(=O)NC(C)(C)COc2cccc3c2C(N)=NS(=O)N3)ccn1. The lowest BCUT2D eigenvalue weighted by Gasteiger charge is -2.27. The molecule has 0 radical (unpaired) electrons. The van der Waals surface area contributed by atoms with Crippen molar-refractivity contribution in [1.29, 1.82) is 0 Å². The first-order valence-electron chi connectivity index (χ1n) is 11.2. The number of hydrogen-bond donors (Lipinski definition) is 3. The molecular formula is C25H25N7O3S. The summed E-state index contributed by atoms with van der Waals surface area (Å²) in [6.07, 6.45) is 1.61. The highest BCUT2D eigenvalue weighted by Crippen LogP contribution is 2.30. The number of anilines is 1. The van der Waals surface area contributed by atoms with Crippen molar-refractivity contribution < 1.29 is 13.7 Å². The van der Waals surface area contributed by atoms with E-state index in [0.717, 1.165) is 16.9 Å². The molecule has 0 saturated heterocycles. The van der Waals surface area contributed by atoms with Crippen LogP contribution < -0.4 is 20.5 Å². The molecule has 1 aliphatic heterocycles. The maximum absolute atomic E-state index is 13.2. The van der Waals surface area contributed by atoms with Gasteiger partial charge in [-0.05, 0) is 57.2 Å². The van der Waals surface area contributed by atoms with E-state index in [1.165, 1.54) is 0 Å². The Morgan fingerprint density at radius 2 is 2.00 bits per heavy atom. The van der Waals surface area contributed by atoms with Crippen LogP contribution in [0.5, 0.6) is 5.75 Å². The van der Waals surface area contributed by atoms with Crippen molar-refractivity contribution in [2.75, 3.05) is 11.3 Å². The zero-order valence-corrected chi connectivity index (χ0v) is 20.8. The molecule has 0 fully saturated rings. The van der Waals surface area contributed by atoms with E-state index >= 15 is 0 Å². The molecular weight excluding hydrogens is 478 g/mol. The molecule has 3 heterocycles. The van der Waals surface area contributed by atoms with Gasteiger partial charge < -0.3 is 15.8 Å². The lowest BCUT2D eigenvalue weighted by atomic mass is 10.1. The summed E-state index contributed by atoms with van der Waals surface area (Å²) in [5.74, 6) is 1.74. The van der Waals surface area contributed by atoms with Gasteiger partial charge in [0.1, 0.15) is 29.8 Å². The van der Waals surface area contributed by atoms with Crippen molar-refractivity contribution in [3.63, 3.8) is 0 Å². The topological polar surface area (TPSA) is 137 Å². The smallest absolute Gasteiger partial charge is 0.252 e.